The molecule has 0 aliphatic carbocycles. The highest BCUT2D eigenvalue weighted by Gasteiger charge is 2.35. The van der Waals surface area contributed by atoms with E-state index in [4.69, 9.17) is 11.6 Å². The lowest BCUT2D eigenvalue weighted by Gasteiger charge is -2.16. The molecule has 0 aromatic heterocycles. The maximum Gasteiger partial charge on any atom is 0.245 e. The lowest BCUT2D eigenvalue weighted by Crippen LogP contribution is -2.30. The van der Waals surface area contributed by atoms with E-state index in [1.807, 2.05) is 30.3 Å². The third-order valence-corrected chi connectivity index (χ3v) is 4.26. The summed E-state index contributed by atoms with van der Waals surface area (Å²) in [5.74, 6) is -1.55. The monoisotopic (exact) mass is 359 g/mol. The number of hydrogen-bond acceptors (Lipinski definition) is 3. The molecule has 1 saturated heterocycles. The molecular formula is C18H15ClFN3O2. The quantitative estimate of drug-likeness (QED) is 0.674. The predicted molar refractivity (Wildman–Crippen MR) is 94.0 cm³/mol. The van der Waals surface area contributed by atoms with Crippen molar-refractivity contribution >= 4 is 35.3 Å². The molecule has 1 heterocycles. The molecule has 1 aliphatic rings. The summed E-state index contributed by atoms with van der Waals surface area (Å²) in [6.45, 7) is 0.282. The van der Waals surface area contributed by atoms with Crippen LogP contribution in [-0.4, -0.2) is 24.6 Å². The average molecular weight is 360 g/mol. The first-order chi connectivity index (χ1) is 12.1. The highest BCUT2D eigenvalue weighted by atomic mass is 35.5. The van der Waals surface area contributed by atoms with Gasteiger partial charge < -0.3 is 4.90 Å². The highest BCUT2D eigenvalue weighted by molar-refractivity contribution is 6.33. The van der Waals surface area contributed by atoms with Crippen molar-refractivity contribution in [3.63, 3.8) is 0 Å². The van der Waals surface area contributed by atoms with Gasteiger partial charge in [0, 0.05) is 24.2 Å². The van der Waals surface area contributed by atoms with Gasteiger partial charge in [0.15, 0.2) is 0 Å². The number of nitrogens with one attached hydrogen (secondary N) is 1. The lowest BCUT2D eigenvalue weighted by atomic mass is 10.1. The molecule has 0 spiro atoms. The first-order valence-electron chi connectivity index (χ1n) is 7.68. The van der Waals surface area contributed by atoms with Crippen molar-refractivity contribution in [1.29, 1.82) is 0 Å². The van der Waals surface area contributed by atoms with E-state index < -0.39 is 17.6 Å². The fourth-order valence-corrected chi connectivity index (χ4v) is 2.84. The Bertz CT molecular complexity index is 806. The number of benzene rings is 2. The van der Waals surface area contributed by atoms with Crippen molar-refractivity contribution in [2.45, 2.75) is 6.42 Å². The van der Waals surface area contributed by atoms with Crippen molar-refractivity contribution in [1.82, 2.24) is 5.43 Å². The van der Waals surface area contributed by atoms with E-state index >= 15 is 0 Å². The summed E-state index contributed by atoms with van der Waals surface area (Å²) in [6, 6.07) is 13.4. The second-order valence-electron chi connectivity index (χ2n) is 5.61. The second-order valence-corrected chi connectivity index (χ2v) is 6.02. The summed E-state index contributed by atoms with van der Waals surface area (Å²) >= 11 is 5.88. The van der Waals surface area contributed by atoms with Gasteiger partial charge in [0.1, 0.15) is 5.82 Å². The molecule has 2 amide bonds. The Labute approximate surface area is 149 Å². The number of amides is 2. The summed E-state index contributed by atoms with van der Waals surface area (Å²) in [6.07, 6.45) is 1.26. The van der Waals surface area contributed by atoms with Gasteiger partial charge in [-0.3, -0.25) is 9.59 Å². The van der Waals surface area contributed by atoms with E-state index in [1.54, 1.807) is 4.90 Å². The van der Waals surface area contributed by atoms with Gasteiger partial charge in [0.05, 0.1) is 17.2 Å². The van der Waals surface area contributed by atoms with E-state index in [2.05, 4.69) is 10.5 Å². The van der Waals surface area contributed by atoms with Gasteiger partial charge in [-0.1, -0.05) is 35.9 Å². The molecule has 0 bridgehead atoms. The number of halogens is 2. The third-order valence-electron chi connectivity index (χ3n) is 3.93. The van der Waals surface area contributed by atoms with Crippen LogP contribution in [0.25, 0.3) is 0 Å². The normalized spacial score (nSPS) is 17.3. The zero-order valence-corrected chi connectivity index (χ0v) is 13.9. The van der Waals surface area contributed by atoms with Gasteiger partial charge in [-0.05, 0) is 24.3 Å². The van der Waals surface area contributed by atoms with Crippen molar-refractivity contribution in [2.24, 2.45) is 11.0 Å². The predicted octanol–water partition coefficient (Wildman–Crippen LogP) is 2.98. The zero-order chi connectivity index (χ0) is 17.8. The minimum absolute atomic E-state index is 0.0953. The van der Waals surface area contributed by atoms with E-state index in [-0.39, 0.29) is 29.5 Å². The van der Waals surface area contributed by atoms with Gasteiger partial charge in [0.25, 0.3) is 0 Å². The SMILES string of the molecule is O=C(N/N=C/c1c(F)cccc1Cl)C1CC(=O)N(c2ccccc2)C1. The maximum absolute atomic E-state index is 13.6. The molecule has 1 atom stereocenters. The summed E-state index contributed by atoms with van der Waals surface area (Å²) in [7, 11) is 0. The van der Waals surface area contributed by atoms with Crippen LogP contribution in [0.1, 0.15) is 12.0 Å². The largest absolute Gasteiger partial charge is 0.312 e. The molecule has 1 N–H and O–H groups in total. The Morgan fingerprint density at radius 2 is 2.00 bits per heavy atom. The molecule has 1 aliphatic heterocycles. The summed E-state index contributed by atoms with van der Waals surface area (Å²) in [5, 5.41) is 3.95. The summed E-state index contributed by atoms with van der Waals surface area (Å²) < 4.78 is 13.6. The van der Waals surface area contributed by atoms with Gasteiger partial charge in [-0.2, -0.15) is 5.10 Å². The molecule has 7 heteroatoms. The number of rotatable bonds is 4. The van der Waals surface area contributed by atoms with Crippen LogP contribution in [-0.2, 0) is 9.59 Å². The number of carbonyl (C=O) groups excluding carboxylic acids is 2. The van der Waals surface area contributed by atoms with E-state index in [9.17, 15) is 14.0 Å². The molecule has 1 fully saturated rings. The van der Waals surface area contributed by atoms with Crippen LogP contribution in [0.15, 0.2) is 53.6 Å². The Morgan fingerprint density at radius 1 is 1.24 bits per heavy atom. The molecule has 25 heavy (non-hydrogen) atoms. The van der Waals surface area contributed by atoms with E-state index in [0.29, 0.717) is 0 Å². The second kappa shape index (κ2) is 7.44. The van der Waals surface area contributed by atoms with E-state index in [0.717, 1.165) is 11.9 Å². The molecule has 1 unspecified atom stereocenters. The smallest absolute Gasteiger partial charge is 0.245 e. The van der Waals surface area contributed by atoms with Crippen molar-refractivity contribution < 1.29 is 14.0 Å². The fraction of sp³-hybridized carbons (Fsp3) is 0.167. The molecule has 128 valence electrons. The molecular weight excluding hydrogens is 345 g/mol. The maximum atomic E-state index is 13.6. The van der Waals surface area contributed by atoms with Crippen LogP contribution < -0.4 is 10.3 Å². The van der Waals surface area contributed by atoms with Crippen molar-refractivity contribution in [2.75, 3.05) is 11.4 Å². The van der Waals surface area contributed by atoms with Crippen molar-refractivity contribution in [3.8, 4) is 0 Å². The number of para-hydroxylation sites is 1. The van der Waals surface area contributed by atoms with Gasteiger partial charge in [-0.15, -0.1) is 0 Å². The number of nitrogens with zero attached hydrogens (tertiary/aromatic N) is 2. The molecule has 0 radical (unpaired) electrons. The number of hydrogen-bond donors (Lipinski definition) is 1. The van der Waals surface area contributed by atoms with Crippen LogP contribution in [0, 0.1) is 11.7 Å². The van der Waals surface area contributed by atoms with Crippen LogP contribution >= 0.6 is 11.6 Å². The Hall–Kier alpha value is -2.73. The Balaban J connectivity index is 1.63. The molecule has 2 aromatic carbocycles. The standard InChI is InChI=1S/C18H15ClFN3O2/c19-15-7-4-8-16(20)14(15)10-21-22-18(25)12-9-17(24)23(11-12)13-5-2-1-3-6-13/h1-8,10,12H,9,11H2,(H,22,25)/b21-10+. The molecule has 2 aromatic rings. The zero-order valence-electron chi connectivity index (χ0n) is 13.2. The first-order valence-corrected chi connectivity index (χ1v) is 8.06. The average Bonchev–Trinajstić information content (AvgIpc) is 3.00. The summed E-state index contributed by atoms with van der Waals surface area (Å²) in [5.41, 5.74) is 3.20. The van der Waals surface area contributed by atoms with Crippen LogP contribution in [0.2, 0.25) is 5.02 Å². The molecule has 3 rings (SSSR count). The minimum Gasteiger partial charge on any atom is -0.312 e. The Morgan fingerprint density at radius 3 is 2.72 bits per heavy atom. The number of hydrazone groups is 1. The van der Waals surface area contributed by atoms with Crippen LogP contribution in [0.4, 0.5) is 10.1 Å². The van der Waals surface area contributed by atoms with Gasteiger partial charge in [0.2, 0.25) is 11.8 Å². The van der Waals surface area contributed by atoms with E-state index in [1.165, 1.54) is 18.2 Å². The summed E-state index contributed by atoms with van der Waals surface area (Å²) in [4.78, 5) is 25.9. The lowest BCUT2D eigenvalue weighted by molar-refractivity contribution is -0.126. The van der Waals surface area contributed by atoms with Crippen LogP contribution in [0.5, 0.6) is 0 Å². The number of anilines is 1. The molecule has 5 nitrogen and oxygen atoms in total. The van der Waals surface area contributed by atoms with Gasteiger partial charge >= 0.3 is 0 Å². The third kappa shape index (κ3) is 3.85. The highest BCUT2D eigenvalue weighted by Crippen LogP contribution is 2.24. The van der Waals surface area contributed by atoms with Crippen molar-refractivity contribution in [3.05, 3.63) is 64.9 Å². The first kappa shape index (κ1) is 17.1. The fourth-order valence-electron chi connectivity index (χ4n) is 2.63. The number of carbonyl (C=O) groups is 2. The topological polar surface area (TPSA) is 61.8 Å². The minimum atomic E-state index is -0.531. The van der Waals surface area contributed by atoms with Gasteiger partial charge in [-0.25, -0.2) is 9.82 Å². The molecule has 0 saturated carbocycles. The Kier molecular flexibility index (Phi) is 5.09. The van der Waals surface area contributed by atoms with Crippen LogP contribution in [0.3, 0.4) is 0 Å².